The number of halogens is 2. The number of rotatable bonds is 4. The minimum absolute atomic E-state index is 0.178. The Kier molecular flexibility index (Phi) is 5.64. The van der Waals surface area contributed by atoms with Crippen molar-refractivity contribution < 1.29 is 18.3 Å². The van der Waals surface area contributed by atoms with Crippen LogP contribution in [0.15, 0.2) is 18.2 Å². The van der Waals surface area contributed by atoms with Crippen molar-refractivity contribution in [3.8, 4) is 0 Å². The van der Waals surface area contributed by atoms with E-state index >= 15 is 0 Å². The number of ether oxygens (including phenoxy) is 1. The smallest absolute Gasteiger partial charge is 0.328 e. The van der Waals surface area contributed by atoms with Gasteiger partial charge in [0.2, 0.25) is 0 Å². The molecule has 0 aromatic heterocycles. The van der Waals surface area contributed by atoms with Gasteiger partial charge in [0.15, 0.2) is 0 Å². The zero-order chi connectivity index (χ0) is 15.2. The quantitative estimate of drug-likeness (QED) is 0.862. The number of carbonyl (C=O) groups is 1. The van der Waals surface area contributed by atoms with Crippen LogP contribution in [0.5, 0.6) is 0 Å². The van der Waals surface area contributed by atoms with Crippen LogP contribution in [0.25, 0.3) is 0 Å². The van der Waals surface area contributed by atoms with Crippen LogP contribution in [-0.2, 0) is 9.53 Å². The van der Waals surface area contributed by atoms with Gasteiger partial charge in [-0.05, 0) is 32.0 Å². The van der Waals surface area contributed by atoms with Crippen molar-refractivity contribution in [2.75, 3.05) is 32.8 Å². The fourth-order valence-corrected chi connectivity index (χ4v) is 2.57. The summed E-state index contributed by atoms with van der Waals surface area (Å²) in [6.45, 7) is 4.48. The van der Waals surface area contributed by atoms with Crippen molar-refractivity contribution in [1.29, 1.82) is 0 Å². The first-order chi connectivity index (χ1) is 10.1. The molecule has 0 spiro atoms. The summed E-state index contributed by atoms with van der Waals surface area (Å²) < 4.78 is 33.2. The molecule has 0 radical (unpaired) electrons. The molecule has 1 unspecified atom stereocenters. The van der Waals surface area contributed by atoms with Gasteiger partial charge in [0.05, 0.1) is 12.2 Å². The minimum atomic E-state index is -1.04. The lowest BCUT2D eigenvalue weighted by Crippen LogP contribution is -2.38. The molecule has 21 heavy (non-hydrogen) atoms. The van der Waals surface area contributed by atoms with E-state index < -0.39 is 23.6 Å². The molecule has 1 aliphatic heterocycles. The highest BCUT2D eigenvalue weighted by atomic mass is 19.1. The highest BCUT2D eigenvalue weighted by Gasteiger charge is 2.33. The van der Waals surface area contributed by atoms with Crippen molar-refractivity contribution in [3.05, 3.63) is 35.4 Å². The molecular weight excluding hydrogens is 278 g/mol. The molecule has 1 atom stereocenters. The van der Waals surface area contributed by atoms with Crippen LogP contribution in [0, 0.1) is 11.6 Å². The SMILES string of the molecule is CCOC(=O)C(c1c(F)cccc1F)N1CCCNCC1. The van der Waals surface area contributed by atoms with Crippen LogP contribution in [0.2, 0.25) is 0 Å². The maximum absolute atomic E-state index is 14.1. The van der Waals surface area contributed by atoms with Crippen molar-refractivity contribution in [1.82, 2.24) is 10.2 Å². The van der Waals surface area contributed by atoms with Crippen molar-refractivity contribution in [3.63, 3.8) is 0 Å². The van der Waals surface area contributed by atoms with Crippen LogP contribution in [0.1, 0.15) is 24.9 Å². The molecule has 1 aromatic rings. The zero-order valence-electron chi connectivity index (χ0n) is 12.1. The second-order valence-electron chi connectivity index (χ2n) is 4.93. The highest BCUT2D eigenvalue weighted by molar-refractivity contribution is 5.78. The summed E-state index contributed by atoms with van der Waals surface area (Å²) in [6.07, 6.45) is 0.811. The van der Waals surface area contributed by atoms with E-state index in [0.29, 0.717) is 19.6 Å². The molecule has 1 N–H and O–H groups in total. The van der Waals surface area contributed by atoms with Crippen LogP contribution in [0.3, 0.4) is 0 Å². The van der Waals surface area contributed by atoms with Gasteiger partial charge in [-0.2, -0.15) is 0 Å². The van der Waals surface area contributed by atoms with Gasteiger partial charge in [0, 0.05) is 19.6 Å². The molecule has 0 aliphatic carbocycles. The van der Waals surface area contributed by atoms with E-state index in [-0.39, 0.29) is 12.2 Å². The lowest BCUT2D eigenvalue weighted by molar-refractivity contribution is -0.150. The van der Waals surface area contributed by atoms with Gasteiger partial charge < -0.3 is 10.1 Å². The summed E-state index contributed by atoms with van der Waals surface area (Å²) >= 11 is 0. The second kappa shape index (κ2) is 7.47. The Bertz CT molecular complexity index is 468. The van der Waals surface area contributed by atoms with E-state index in [2.05, 4.69) is 5.32 Å². The van der Waals surface area contributed by atoms with Crippen molar-refractivity contribution in [2.45, 2.75) is 19.4 Å². The van der Waals surface area contributed by atoms with E-state index in [4.69, 9.17) is 4.74 Å². The standard InChI is InChI=1S/C15H20F2N2O2/c1-2-21-15(20)14(19-9-4-7-18-8-10-19)13-11(16)5-3-6-12(13)17/h3,5-6,14,18H,2,4,7-10H2,1H3. The molecule has 0 saturated carbocycles. The van der Waals surface area contributed by atoms with Gasteiger partial charge in [-0.3, -0.25) is 4.90 Å². The number of nitrogens with one attached hydrogen (secondary N) is 1. The Labute approximate surface area is 123 Å². The average Bonchev–Trinajstić information content (AvgIpc) is 2.72. The predicted molar refractivity (Wildman–Crippen MR) is 74.8 cm³/mol. The van der Waals surface area contributed by atoms with Crippen LogP contribution < -0.4 is 5.32 Å². The Morgan fingerprint density at radius 2 is 2.05 bits per heavy atom. The third-order valence-electron chi connectivity index (χ3n) is 3.52. The largest absolute Gasteiger partial charge is 0.465 e. The fourth-order valence-electron chi connectivity index (χ4n) is 2.57. The molecule has 0 bridgehead atoms. The molecule has 4 nitrogen and oxygen atoms in total. The normalized spacial score (nSPS) is 18.0. The molecule has 1 aliphatic rings. The number of hydrogen-bond donors (Lipinski definition) is 1. The number of nitrogens with zero attached hydrogens (tertiary/aromatic N) is 1. The first kappa shape index (κ1) is 15.9. The molecule has 116 valence electrons. The van der Waals surface area contributed by atoms with Crippen molar-refractivity contribution in [2.24, 2.45) is 0 Å². The summed E-state index contributed by atoms with van der Waals surface area (Å²) in [4.78, 5) is 14.0. The van der Waals surface area contributed by atoms with Crippen LogP contribution in [-0.4, -0.2) is 43.7 Å². The number of hydrogen-bond acceptors (Lipinski definition) is 4. The van der Waals surface area contributed by atoms with Gasteiger partial charge in [-0.25, -0.2) is 13.6 Å². The predicted octanol–water partition coefficient (Wildman–Crippen LogP) is 1.86. The fraction of sp³-hybridized carbons (Fsp3) is 0.533. The Morgan fingerprint density at radius 3 is 2.71 bits per heavy atom. The monoisotopic (exact) mass is 298 g/mol. The number of carbonyl (C=O) groups excluding carboxylic acids is 1. The third-order valence-corrected chi connectivity index (χ3v) is 3.52. The summed E-state index contributed by atoms with van der Waals surface area (Å²) in [6, 6.07) is 2.59. The number of benzene rings is 1. The minimum Gasteiger partial charge on any atom is -0.465 e. The second-order valence-corrected chi connectivity index (χ2v) is 4.93. The Hall–Kier alpha value is -1.53. The van der Waals surface area contributed by atoms with E-state index in [9.17, 15) is 13.6 Å². The van der Waals surface area contributed by atoms with E-state index in [1.807, 2.05) is 0 Å². The summed E-state index contributed by atoms with van der Waals surface area (Å²) in [5.41, 5.74) is -0.224. The van der Waals surface area contributed by atoms with Gasteiger partial charge in [0.1, 0.15) is 17.7 Å². The zero-order valence-corrected chi connectivity index (χ0v) is 12.1. The number of esters is 1. The highest BCUT2D eigenvalue weighted by Crippen LogP contribution is 2.28. The molecule has 1 saturated heterocycles. The first-order valence-corrected chi connectivity index (χ1v) is 7.20. The molecule has 0 amide bonds. The lowest BCUT2D eigenvalue weighted by atomic mass is 10.0. The average molecular weight is 298 g/mol. The van der Waals surface area contributed by atoms with E-state index in [1.54, 1.807) is 11.8 Å². The van der Waals surface area contributed by atoms with Crippen LogP contribution >= 0.6 is 0 Å². The molecule has 6 heteroatoms. The first-order valence-electron chi connectivity index (χ1n) is 7.20. The molecule has 1 heterocycles. The third kappa shape index (κ3) is 3.77. The van der Waals surface area contributed by atoms with E-state index in [1.165, 1.54) is 18.2 Å². The maximum Gasteiger partial charge on any atom is 0.328 e. The lowest BCUT2D eigenvalue weighted by Gasteiger charge is -2.29. The molecular formula is C15H20F2N2O2. The maximum atomic E-state index is 14.1. The molecule has 2 rings (SSSR count). The summed E-state index contributed by atoms with van der Waals surface area (Å²) in [7, 11) is 0. The van der Waals surface area contributed by atoms with Crippen molar-refractivity contribution >= 4 is 5.97 Å². The van der Waals surface area contributed by atoms with Gasteiger partial charge in [0.25, 0.3) is 0 Å². The summed E-state index contributed by atoms with van der Waals surface area (Å²) in [5, 5.41) is 3.20. The Balaban J connectivity index is 2.37. The summed E-state index contributed by atoms with van der Waals surface area (Å²) in [5.74, 6) is -2.04. The van der Waals surface area contributed by atoms with Gasteiger partial charge in [-0.15, -0.1) is 0 Å². The van der Waals surface area contributed by atoms with Crippen LogP contribution in [0.4, 0.5) is 8.78 Å². The molecule has 1 aromatic carbocycles. The topological polar surface area (TPSA) is 41.6 Å². The van der Waals surface area contributed by atoms with Gasteiger partial charge >= 0.3 is 5.97 Å². The molecule has 1 fully saturated rings. The van der Waals surface area contributed by atoms with Gasteiger partial charge in [-0.1, -0.05) is 6.07 Å². The Morgan fingerprint density at radius 1 is 1.33 bits per heavy atom. The van der Waals surface area contributed by atoms with E-state index in [0.717, 1.165) is 13.0 Å².